The van der Waals surface area contributed by atoms with Crippen LogP contribution in [0.1, 0.15) is 12.8 Å². The highest BCUT2D eigenvalue weighted by Gasteiger charge is 2.34. The van der Waals surface area contributed by atoms with Crippen molar-refractivity contribution in [1.82, 2.24) is 14.7 Å². The van der Waals surface area contributed by atoms with Gasteiger partial charge in [-0.05, 0) is 56.0 Å². The molecule has 3 saturated heterocycles. The SMILES string of the molecule is FC(F)(F)Oc1ccc2c(cnn2CC2CN3CCC2CC3)c1.NC=O. The van der Waals surface area contributed by atoms with Crippen LogP contribution in [0, 0.1) is 11.8 Å². The van der Waals surface area contributed by atoms with Crippen molar-refractivity contribution in [2.75, 3.05) is 19.6 Å². The first-order valence-electron chi connectivity index (χ1n) is 8.48. The average molecular weight is 370 g/mol. The molecule has 4 heterocycles. The van der Waals surface area contributed by atoms with E-state index in [-0.39, 0.29) is 12.2 Å². The summed E-state index contributed by atoms with van der Waals surface area (Å²) in [6, 6.07) is 4.40. The van der Waals surface area contributed by atoms with Gasteiger partial charge in [-0.25, -0.2) is 0 Å². The van der Waals surface area contributed by atoms with Gasteiger partial charge in [0.1, 0.15) is 5.75 Å². The Bertz CT molecular complexity index is 754. The number of nitrogens with zero attached hydrogens (tertiary/aromatic N) is 3. The van der Waals surface area contributed by atoms with Crippen molar-refractivity contribution in [1.29, 1.82) is 0 Å². The molecule has 0 spiro atoms. The van der Waals surface area contributed by atoms with Gasteiger partial charge >= 0.3 is 6.36 Å². The van der Waals surface area contributed by atoms with Gasteiger partial charge in [0.2, 0.25) is 6.41 Å². The first kappa shape index (κ1) is 18.5. The summed E-state index contributed by atoms with van der Waals surface area (Å²) < 4.78 is 42.8. The van der Waals surface area contributed by atoms with Gasteiger partial charge in [0, 0.05) is 18.5 Å². The molecule has 1 unspecified atom stereocenters. The molecule has 5 rings (SSSR count). The zero-order chi connectivity index (χ0) is 18.7. The van der Waals surface area contributed by atoms with E-state index in [1.54, 1.807) is 12.3 Å². The van der Waals surface area contributed by atoms with E-state index in [0.717, 1.165) is 24.5 Å². The molecule has 3 aliphatic rings. The number of piperidine rings is 3. The number of hydrogen-bond donors (Lipinski definition) is 1. The molecular weight excluding hydrogens is 349 g/mol. The zero-order valence-corrected chi connectivity index (χ0v) is 14.2. The van der Waals surface area contributed by atoms with Crippen LogP contribution in [-0.4, -0.2) is 47.1 Å². The van der Waals surface area contributed by atoms with E-state index in [4.69, 9.17) is 4.79 Å². The standard InChI is InChI=1S/C16H18F3N3O.CH3NO/c17-16(18,19)23-14-1-2-15-12(7-14)8-20-22(15)10-13-9-21-5-3-11(13)4-6-21;2-1-3/h1-2,7-8,11,13H,3-6,9-10H2;1H,(H2,2,3). The number of ether oxygens (including phenoxy) is 1. The first-order valence-corrected chi connectivity index (χ1v) is 8.48. The third-order valence-electron chi connectivity index (χ3n) is 5.05. The Balaban J connectivity index is 0.000000613. The van der Waals surface area contributed by atoms with E-state index in [9.17, 15) is 13.2 Å². The molecule has 1 aromatic carbocycles. The minimum Gasteiger partial charge on any atom is -0.406 e. The van der Waals surface area contributed by atoms with Crippen molar-refractivity contribution in [3.05, 3.63) is 24.4 Å². The van der Waals surface area contributed by atoms with E-state index in [1.807, 2.05) is 4.68 Å². The lowest BCUT2D eigenvalue weighted by Gasteiger charge is -2.44. The van der Waals surface area contributed by atoms with Crippen LogP contribution in [0.5, 0.6) is 5.75 Å². The maximum atomic E-state index is 12.3. The van der Waals surface area contributed by atoms with Crippen molar-refractivity contribution in [2.24, 2.45) is 17.6 Å². The monoisotopic (exact) mass is 370 g/mol. The highest BCUT2D eigenvalue weighted by molar-refractivity contribution is 5.80. The highest BCUT2D eigenvalue weighted by Crippen LogP contribution is 2.34. The highest BCUT2D eigenvalue weighted by atomic mass is 19.4. The molecule has 26 heavy (non-hydrogen) atoms. The van der Waals surface area contributed by atoms with Crippen LogP contribution >= 0.6 is 0 Å². The molecule has 6 nitrogen and oxygen atoms in total. The molecular formula is C17H21F3N4O2. The van der Waals surface area contributed by atoms with Gasteiger partial charge < -0.3 is 15.4 Å². The van der Waals surface area contributed by atoms with Gasteiger partial charge in [0.25, 0.3) is 0 Å². The number of carbonyl (C=O) groups is 1. The number of carbonyl (C=O) groups excluding carboxylic acids is 1. The fraction of sp³-hybridized carbons (Fsp3) is 0.529. The van der Waals surface area contributed by atoms with Crippen LogP contribution in [0.3, 0.4) is 0 Å². The molecule has 2 aromatic rings. The van der Waals surface area contributed by atoms with Crippen molar-refractivity contribution in [3.8, 4) is 5.75 Å². The lowest BCUT2D eigenvalue weighted by molar-refractivity contribution is -0.274. The topological polar surface area (TPSA) is 73.4 Å². The molecule has 1 amide bonds. The number of aromatic nitrogens is 2. The predicted molar refractivity (Wildman–Crippen MR) is 89.3 cm³/mol. The third kappa shape index (κ3) is 4.27. The summed E-state index contributed by atoms with van der Waals surface area (Å²) >= 11 is 0. The van der Waals surface area contributed by atoms with Crippen LogP contribution in [-0.2, 0) is 11.3 Å². The summed E-state index contributed by atoms with van der Waals surface area (Å²) in [5, 5.41) is 5.05. The normalized spacial score (nSPS) is 24.8. The molecule has 3 fully saturated rings. The van der Waals surface area contributed by atoms with Gasteiger partial charge in [-0.1, -0.05) is 0 Å². The number of halogens is 3. The Labute approximate surface area is 148 Å². The van der Waals surface area contributed by atoms with Crippen molar-refractivity contribution >= 4 is 17.3 Å². The maximum absolute atomic E-state index is 12.3. The van der Waals surface area contributed by atoms with Crippen LogP contribution in [0.2, 0.25) is 0 Å². The molecule has 0 aliphatic carbocycles. The summed E-state index contributed by atoms with van der Waals surface area (Å²) in [6.45, 7) is 4.31. The van der Waals surface area contributed by atoms with Crippen LogP contribution in [0.25, 0.3) is 10.9 Å². The van der Waals surface area contributed by atoms with Crippen molar-refractivity contribution in [2.45, 2.75) is 25.7 Å². The van der Waals surface area contributed by atoms with E-state index in [0.29, 0.717) is 11.3 Å². The minimum absolute atomic E-state index is 0.201. The number of hydrogen-bond acceptors (Lipinski definition) is 4. The number of benzene rings is 1. The first-order chi connectivity index (χ1) is 12.4. The zero-order valence-electron chi connectivity index (χ0n) is 14.2. The Hall–Kier alpha value is -2.29. The molecule has 0 radical (unpaired) electrons. The number of rotatable bonds is 3. The van der Waals surface area contributed by atoms with Crippen molar-refractivity contribution in [3.63, 3.8) is 0 Å². The number of amides is 1. The van der Waals surface area contributed by atoms with Gasteiger partial charge in [-0.15, -0.1) is 13.2 Å². The lowest BCUT2D eigenvalue weighted by Crippen LogP contribution is -2.48. The molecule has 2 N–H and O–H groups in total. The van der Waals surface area contributed by atoms with Gasteiger partial charge in [-0.2, -0.15) is 5.10 Å². The fourth-order valence-corrected chi connectivity index (χ4v) is 3.92. The summed E-state index contributed by atoms with van der Waals surface area (Å²) in [6.07, 6.45) is -0.319. The molecule has 1 atom stereocenters. The van der Waals surface area contributed by atoms with Crippen molar-refractivity contribution < 1.29 is 22.7 Å². The number of primary amides is 1. The second kappa shape index (κ2) is 7.53. The minimum atomic E-state index is -4.67. The second-order valence-corrected chi connectivity index (χ2v) is 6.63. The lowest BCUT2D eigenvalue weighted by atomic mass is 9.79. The third-order valence-corrected chi connectivity index (χ3v) is 5.05. The summed E-state index contributed by atoms with van der Waals surface area (Å²) in [5.41, 5.74) is 5.02. The molecule has 0 saturated carbocycles. The largest absolute Gasteiger partial charge is 0.573 e. The molecule has 1 aromatic heterocycles. The van der Waals surface area contributed by atoms with Crippen LogP contribution in [0.4, 0.5) is 13.2 Å². The summed E-state index contributed by atoms with van der Waals surface area (Å²) in [5.74, 6) is 1.12. The molecule has 142 valence electrons. The molecule has 3 aliphatic heterocycles. The summed E-state index contributed by atoms with van der Waals surface area (Å²) in [7, 11) is 0. The Morgan fingerprint density at radius 1 is 1.31 bits per heavy atom. The van der Waals surface area contributed by atoms with Gasteiger partial charge in [0.05, 0.1) is 11.7 Å². The Morgan fingerprint density at radius 3 is 2.58 bits per heavy atom. The Kier molecular flexibility index (Phi) is 5.36. The molecule has 9 heteroatoms. The number of fused-ring (bicyclic) bond motifs is 4. The predicted octanol–water partition coefficient (Wildman–Crippen LogP) is 2.38. The van der Waals surface area contributed by atoms with E-state index < -0.39 is 6.36 Å². The number of nitrogens with two attached hydrogens (primary N) is 1. The molecule has 2 bridgehead atoms. The Morgan fingerprint density at radius 2 is 2.00 bits per heavy atom. The van der Waals surface area contributed by atoms with E-state index >= 15 is 0 Å². The fourth-order valence-electron chi connectivity index (χ4n) is 3.92. The van der Waals surface area contributed by atoms with E-state index in [1.165, 1.54) is 38.1 Å². The van der Waals surface area contributed by atoms with Gasteiger partial charge in [-0.3, -0.25) is 9.48 Å². The number of alkyl halides is 3. The van der Waals surface area contributed by atoms with E-state index in [2.05, 4.69) is 20.5 Å². The average Bonchev–Trinajstić information content (AvgIpc) is 2.97. The van der Waals surface area contributed by atoms with Crippen LogP contribution in [0.15, 0.2) is 24.4 Å². The summed E-state index contributed by atoms with van der Waals surface area (Å²) in [4.78, 5) is 11.1. The maximum Gasteiger partial charge on any atom is 0.573 e. The quantitative estimate of drug-likeness (QED) is 0.842. The second-order valence-electron chi connectivity index (χ2n) is 6.63. The van der Waals surface area contributed by atoms with Gasteiger partial charge in [0.15, 0.2) is 0 Å². The van der Waals surface area contributed by atoms with Crippen LogP contribution < -0.4 is 10.5 Å². The smallest absolute Gasteiger partial charge is 0.406 e.